The number of carbonyl (C=O) groups excluding carboxylic acids is 1. The minimum absolute atomic E-state index is 0.00198. The fraction of sp³-hybridized carbons (Fsp3) is 0.455. The molecule has 2 aliphatic rings. The second kappa shape index (κ2) is 9.08. The summed E-state index contributed by atoms with van der Waals surface area (Å²) in [4.78, 5) is 24.5. The predicted molar refractivity (Wildman–Crippen MR) is 114 cm³/mol. The van der Waals surface area contributed by atoms with E-state index < -0.39 is 47.3 Å². The molecule has 0 aliphatic heterocycles. The topological polar surface area (TPSA) is 86.6 Å². The molecule has 0 saturated heterocycles. The van der Waals surface area contributed by atoms with Crippen LogP contribution in [0.3, 0.4) is 0 Å². The summed E-state index contributed by atoms with van der Waals surface area (Å²) in [5.41, 5.74) is -1.10. The normalized spacial score (nSPS) is 22.5. The standard InChI is InChI=1S/C22H22Cl2F3NO4/c1-11(22(25,26)27)17(12-2-5-14(23)6-3-12)19(30)28-16-10-13(4-7-15(16)24)18(29)21(8-9-21)20(31)32/h2,4-7,10-12,17-18,29H,3,8-9H2,1H3,(H,28,30)(H,31,32)/t11-,12?,17+,18?/m1/s1. The highest BCUT2D eigenvalue weighted by atomic mass is 35.5. The van der Waals surface area contributed by atoms with Gasteiger partial charge in [-0.05, 0) is 49.0 Å². The third-order valence-electron chi connectivity index (χ3n) is 6.21. The number of alkyl halides is 3. The smallest absolute Gasteiger partial charge is 0.392 e. The molecule has 0 spiro atoms. The zero-order valence-electron chi connectivity index (χ0n) is 17.0. The molecule has 174 valence electrons. The largest absolute Gasteiger partial charge is 0.481 e. The van der Waals surface area contributed by atoms with Crippen molar-refractivity contribution in [3.05, 3.63) is 52.0 Å². The Labute approximate surface area is 192 Å². The fourth-order valence-electron chi connectivity index (χ4n) is 3.96. The van der Waals surface area contributed by atoms with Gasteiger partial charge in [0.1, 0.15) is 0 Å². The molecular weight excluding hydrogens is 470 g/mol. The summed E-state index contributed by atoms with van der Waals surface area (Å²) < 4.78 is 40.6. The van der Waals surface area contributed by atoms with Crippen molar-refractivity contribution < 1.29 is 33.0 Å². The van der Waals surface area contributed by atoms with Gasteiger partial charge < -0.3 is 15.5 Å². The monoisotopic (exact) mass is 491 g/mol. The summed E-state index contributed by atoms with van der Waals surface area (Å²) in [5.74, 6) is -6.16. The van der Waals surface area contributed by atoms with Gasteiger partial charge in [0.25, 0.3) is 0 Å². The van der Waals surface area contributed by atoms with E-state index >= 15 is 0 Å². The molecule has 2 aliphatic carbocycles. The van der Waals surface area contributed by atoms with E-state index in [1.807, 2.05) is 0 Å². The summed E-state index contributed by atoms with van der Waals surface area (Å²) >= 11 is 12.0. The predicted octanol–water partition coefficient (Wildman–Crippen LogP) is 5.69. The minimum atomic E-state index is -4.61. The Kier molecular flexibility index (Phi) is 6.98. The molecule has 5 nitrogen and oxygen atoms in total. The Morgan fingerprint density at radius 1 is 1.25 bits per heavy atom. The van der Waals surface area contributed by atoms with E-state index in [1.165, 1.54) is 30.4 Å². The maximum atomic E-state index is 13.5. The van der Waals surface area contributed by atoms with Crippen molar-refractivity contribution in [1.82, 2.24) is 0 Å². The first-order valence-electron chi connectivity index (χ1n) is 9.99. The molecule has 1 saturated carbocycles. The quantitative estimate of drug-likeness (QED) is 0.457. The molecule has 0 aromatic heterocycles. The number of halogens is 5. The second-order valence-electron chi connectivity index (χ2n) is 8.30. The highest BCUT2D eigenvalue weighted by molar-refractivity contribution is 6.33. The van der Waals surface area contributed by atoms with E-state index in [4.69, 9.17) is 23.2 Å². The van der Waals surface area contributed by atoms with Gasteiger partial charge in [-0.3, -0.25) is 9.59 Å². The van der Waals surface area contributed by atoms with E-state index in [-0.39, 0.29) is 22.7 Å². The van der Waals surface area contributed by atoms with Gasteiger partial charge in [0.05, 0.1) is 34.1 Å². The number of hydrogen-bond acceptors (Lipinski definition) is 3. The van der Waals surface area contributed by atoms with Gasteiger partial charge in [-0.15, -0.1) is 0 Å². The van der Waals surface area contributed by atoms with Gasteiger partial charge in [0, 0.05) is 5.03 Å². The number of aliphatic hydroxyl groups is 1. The lowest BCUT2D eigenvalue weighted by molar-refractivity contribution is -0.188. The van der Waals surface area contributed by atoms with Crippen molar-refractivity contribution >= 4 is 40.8 Å². The van der Waals surface area contributed by atoms with Crippen LogP contribution >= 0.6 is 23.2 Å². The van der Waals surface area contributed by atoms with Crippen LogP contribution in [0.1, 0.15) is 37.9 Å². The van der Waals surface area contributed by atoms with Crippen molar-refractivity contribution in [2.45, 2.75) is 38.5 Å². The van der Waals surface area contributed by atoms with Gasteiger partial charge in [0.15, 0.2) is 0 Å². The maximum absolute atomic E-state index is 13.5. The number of allylic oxidation sites excluding steroid dienone is 4. The number of aliphatic hydroxyl groups excluding tert-OH is 1. The number of nitrogens with one attached hydrogen (secondary N) is 1. The number of hydrogen-bond donors (Lipinski definition) is 3. The van der Waals surface area contributed by atoms with Crippen molar-refractivity contribution in [3.8, 4) is 0 Å². The Balaban J connectivity index is 1.87. The summed E-state index contributed by atoms with van der Waals surface area (Å²) in [6, 6.07) is 4.09. The molecule has 2 unspecified atom stereocenters. The Hall–Kier alpha value is -2.03. The number of benzene rings is 1. The van der Waals surface area contributed by atoms with E-state index in [2.05, 4.69) is 5.32 Å². The van der Waals surface area contributed by atoms with Crippen molar-refractivity contribution in [3.63, 3.8) is 0 Å². The Bertz CT molecular complexity index is 972. The third kappa shape index (κ3) is 4.97. The highest BCUT2D eigenvalue weighted by Gasteiger charge is 2.56. The fourth-order valence-corrected chi connectivity index (χ4v) is 4.28. The summed E-state index contributed by atoms with van der Waals surface area (Å²) in [6.45, 7) is 0.948. The SMILES string of the molecule is C[C@H]([C@H](C(=O)Nc1cc(C(O)C2(C(=O)O)CC2)ccc1Cl)C1C=CC(Cl)=CC1)C(F)(F)F. The molecule has 0 radical (unpaired) electrons. The lowest BCUT2D eigenvalue weighted by Crippen LogP contribution is -2.40. The third-order valence-corrected chi connectivity index (χ3v) is 6.82. The van der Waals surface area contributed by atoms with Crippen LogP contribution < -0.4 is 5.32 Å². The number of carboxylic acids is 1. The first kappa shape index (κ1) is 24.6. The van der Waals surface area contributed by atoms with Crippen LogP contribution in [-0.2, 0) is 9.59 Å². The molecule has 0 bridgehead atoms. The van der Waals surface area contributed by atoms with Gasteiger partial charge in [-0.1, -0.05) is 48.3 Å². The molecule has 10 heteroatoms. The van der Waals surface area contributed by atoms with E-state index in [1.54, 1.807) is 6.08 Å². The minimum Gasteiger partial charge on any atom is -0.481 e. The molecule has 3 rings (SSSR count). The zero-order valence-corrected chi connectivity index (χ0v) is 18.5. The average molecular weight is 492 g/mol. The van der Waals surface area contributed by atoms with Crippen molar-refractivity contribution in [2.75, 3.05) is 5.32 Å². The molecule has 32 heavy (non-hydrogen) atoms. The zero-order chi connectivity index (χ0) is 23.8. The van der Waals surface area contributed by atoms with Crippen LogP contribution in [0, 0.1) is 23.2 Å². The van der Waals surface area contributed by atoms with Crippen LogP contribution in [0.15, 0.2) is 41.5 Å². The molecule has 1 amide bonds. The molecule has 3 N–H and O–H groups in total. The number of amides is 1. The number of aliphatic carboxylic acids is 1. The number of carbonyl (C=O) groups is 2. The van der Waals surface area contributed by atoms with E-state index in [0.29, 0.717) is 17.9 Å². The maximum Gasteiger partial charge on any atom is 0.392 e. The van der Waals surface area contributed by atoms with Crippen LogP contribution in [0.4, 0.5) is 18.9 Å². The van der Waals surface area contributed by atoms with Crippen LogP contribution in [0.2, 0.25) is 5.02 Å². The van der Waals surface area contributed by atoms with Crippen molar-refractivity contribution in [1.29, 1.82) is 0 Å². The molecule has 1 aromatic rings. The first-order valence-corrected chi connectivity index (χ1v) is 10.7. The van der Waals surface area contributed by atoms with Gasteiger partial charge >= 0.3 is 12.1 Å². The number of anilines is 1. The Morgan fingerprint density at radius 3 is 2.41 bits per heavy atom. The van der Waals surface area contributed by atoms with Crippen molar-refractivity contribution in [2.24, 2.45) is 23.2 Å². The molecule has 1 fully saturated rings. The molecule has 1 aromatic carbocycles. The van der Waals surface area contributed by atoms with Gasteiger partial charge in [-0.25, -0.2) is 0 Å². The molecular formula is C22H22Cl2F3NO4. The summed E-state index contributed by atoms with van der Waals surface area (Å²) in [7, 11) is 0. The number of carboxylic acid groups (broad SMARTS) is 1. The summed E-state index contributed by atoms with van der Waals surface area (Å²) in [6.07, 6.45) is -0.688. The molecule has 4 atom stereocenters. The summed E-state index contributed by atoms with van der Waals surface area (Å²) in [5, 5.41) is 22.8. The van der Waals surface area contributed by atoms with Crippen LogP contribution in [0.5, 0.6) is 0 Å². The van der Waals surface area contributed by atoms with E-state index in [9.17, 15) is 33.0 Å². The van der Waals surface area contributed by atoms with Crippen LogP contribution in [0.25, 0.3) is 0 Å². The molecule has 0 heterocycles. The first-order chi connectivity index (χ1) is 14.9. The lowest BCUT2D eigenvalue weighted by Gasteiger charge is -2.31. The second-order valence-corrected chi connectivity index (χ2v) is 9.14. The highest BCUT2D eigenvalue weighted by Crippen LogP contribution is 2.55. The Morgan fingerprint density at radius 2 is 1.91 bits per heavy atom. The number of rotatable bonds is 7. The lowest BCUT2D eigenvalue weighted by atomic mass is 9.78. The van der Waals surface area contributed by atoms with Gasteiger partial charge in [-0.2, -0.15) is 13.2 Å². The van der Waals surface area contributed by atoms with E-state index in [0.717, 1.165) is 6.92 Å². The average Bonchev–Trinajstić information content (AvgIpc) is 3.52. The van der Waals surface area contributed by atoms with Crippen LogP contribution in [-0.4, -0.2) is 28.3 Å². The van der Waals surface area contributed by atoms with Gasteiger partial charge in [0.2, 0.25) is 5.91 Å².